The van der Waals surface area contributed by atoms with Crippen LogP contribution in [0.2, 0.25) is 0 Å². The zero-order valence-corrected chi connectivity index (χ0v) is 16.4. The summed E-state index contributed by atoms with van der Waals surface area (Å²) in [6, 6.07) is 7.41. The largest absolute Gasteiger partial charge is 0.353 e. The molecular weight excluding hydrogens is 348 g/mol. The highest BCUT2D eigenvalue weighted by Gasteiger charge is 2.20. The number of rotatable bonds is 5. The Kier molecular flexibility index (Phi) is 5.58. The number of nitrogens with zero attached hydrogens (tertiary/aromatic N) is 4. The van der Waals surface area contributed by atoms with Gasteiger partial charge in [-0.3, -0.25) is 9.88 Å². The molecule has 0 aliphatic carbocycles. The molecule has 0 amide bonds. The van der Waals surface area contributed by atoms with Gasteiger partial charge in [-0.1, -0.05) is 19.1 Å². The zero-order valence-electron chi connectivity index (χ0n) is 15.6. The van der Waals surface area contributed by atoms with Gasteiger partial charge in [0.2, 0.25) is 0 Å². The van der Waals surface area contributed by atoms with Crippen molar-refractivity contribution in [1.29, 1.82) is 0 Å². The molecule has 2 heterocycles. The van der Waals surface area contributed by atoms with E-state index in [1.54, 1.807) is 43.6 Å². The van der Waals surface area contributed by atoms with Crippen molar-refractivity contribution in [3.05, 3.63) is 36.7 Å². The highest BCUT2D eigenvalue weighted by molar-refractivity contribution is 7.91. The van der Waals surface area contributed by atoms with E-state index in [1.165, 1.54) is 0 Å². The standard InChI is InChI=1S/C19H26N4O2S/c1-4-26(24,25)17-7-5-16(6-8-17)18-13-21-19(14-20-18)23-11-9-22(10-12-23)15(2)3/h5-8,13-15H,4,9-12H2,1-3H3. The third-order valence-electron chi connectivity index (χ3n) is 4.90. The van der Waals surface area contributed by atoms with Gasteiger partial charge in [-0.25, -0.2) is 13.4 Å². The number of benzene rings is 1. The Balaban J connectivity index is 1.70. The molecule has 6 nitrogen and oxygen atoms in total. The molecule has 1 saturated heterocycles. The van der Waals surface area contributed by atoms with Gasteiger partial charge in [-0.05, 0) is 26.0 Å². The van der Waals surface area contributed by atoms with Gasteiger partial charge in [0.1, 0.15) is 5.82 Å². The molecule has 0 spiro atoms. The van der Waals surface area contributed by atoms with Gasteiger partial charge in [-0.2, -0.15) is 0 Å². The Hall–Kier alpha value is -1.99. The number of hydrogen-bond acceptors (Lipinski definition) is 6. The van der Waals surface area contributed by atoms with Gasteiger partial charge in [0.25, 0.3) is 0 Å². The highest BCUT2D eigenvalue weighted by atomic mass is 32.2. The molecule has 1 aromatic heterocycles. The summed E-state index contributed by atoms with van der Waals surface area (Å²) in [5, 5.41) is 0. The fraction of sp³-hybridized carbons (Fsp3) is 0.474. The lowest BCUT2D eigenvalue weighted by Gasteiger charge is -2.37. The zero-order chi connectivity index (χ0) is 18.7. The molecule has 0 unspecified atom stereocenters. The average Bonchev–Trinajstić information content (AvgIpc) is 2.68. The summed E-state index contributed by atoms with van der Waals surface area (Å²) in [5.74, 6) is 0.993. The third kappa shape index (κ3) is 4.04. The van der Waals surface area contributed by atoms with Gasteiger partial charge in [0.15, 0.2) is 9.84 Å². The molecule has 140 valence electrons. The first-order valence-electron chi connectivity index (χ1n) is 9.05. The van der Waals surface area contributed by atoms with E-state index in [-0.39, 0.29) is 5.75 Å². The molecule has 0 atom stereocenters. The van der Waals surface area contributed by atoms with E-state index >= 15 is 0 Å². The lowest BCUT2D eigenvalue weighted by molar-refractivity contribution is 0.209. The van der Waals surface area contributed by atoms with Crippen LogP contribution in [-0.4, -0.2) is 61.3 Å². The van der Waals surface area contributed by atoms with Gasteiger partial charge in [0.05, 0.1) is 28.7 Å². The van der Waals surface area contributed by atoms with Crippen molar-refractivity contribution in [3.63, 3.8) is 0 Å². The average molecular weight is 375 g/mol. The van der Waals surface area contributed by atoms with Crippen LogP contribution < -0.4 is 4.90 Å². The topological polar surface area (TPSA) is 66.4 Å². The Morgan fingerprint density at radius 1 is 1.00 bits per heavy atom. The molecule has 0 bridgehead atoms. The minimum atomic E-state index is -3.18. The van der Waals surface area contributed by atoms with E-state index in [1.807, 2.05) is 0 Å². The fourth-order valence-corrected chi connectivity index (χ4v) is 3.98. The van der Waals surface area contributed by atoms with Crippen molar-refractivity contribution in [1.82, 2.24) is 14.9 Å². The molecule has 0 saturated carbocycles. The molecule has 2 aromatic rings. The van der Waals surface area contributed by atoms with Gasteiger partial charge >= 0.3 is 0 Å². The highest BCUT2D eigenvalue weighted by Crippen LogP contribution is 2.21. The first-order chi connectivity index (χ1) is 12.4. The first-order valence-corrected chi connectivity index (χ1v) is 10.7. The number of piperazine rings is 1. The smallest absolute Gasteiger partial charge is 0.178 e. The summed E-state index contributed by atoms with van der Waals surface area (Å²) in [7, 11) is -3.18. The van der Waals surface area contributed by atoms with Gasteiger partial charge < -0.3 is 4.90 Å². The van der Waals surface area contributed by atoms with Crippen molar-refractivity contribution >= 4 is 15.7 Å². The maximum atomic E-state index is 11.9. The van der Waals surface area contributed by atoms with Crippen molar-refractivity contribution < 1.29 is 8.42 Å². The second-order valence-corrected chi connectivity index (χ2v) is 9.08. The summed E-state index contributed by atoms with van der Waals surface area (Å²) in [4.78, 5) is 14.1. The predicted molar refractivity (Wildman–Crippen MR) is 104 cm³/mol. The van der Waals surface area contributed by atoms with Crippen LogP contribution >= 0.6 is 0 Å². The quantitative estimate of drug-likeness (QED) is 0.801. The summed E-state index contributed by atoms with van der Waals surface area (Å²) >= 11 is 0. The Bertz CT molecular complexity index is 825. The monoisotopic (exact) mass is 374 g/mol. The number of aromatic nitrogens is 2. The van der Waals surface area contributed by atoms with Crippen LogP contribution in [-0.2, 0) is 9.84 Å². The van der Waals surface area contributed by atoms with Crippen LogP contribution in [0.15, 0.2) is 41.6 Å². The minimum absolute atomic E-state index is 0.102. The summed E-state index contributed by atoms with van der Waals surface area (Å²) < 4.78 is 23.8. The van der Waals surface area contributed by atoms with Crippen LogP contribution in [0.3, 0.4) is 0 Å². The van der Waals surface area contributed by atoms with E-state index in [0.29, 0.717) is 10.9 Å². The van der Waals surface area contributed by atoms with E-state index in [9.17, 15) is 8.42 Å². The molecule has 0 radical (unpaired) electrons. The normalized spacial score (nSPS) is 16.2. The van der Waals surface area contributed by atoms with Crippen LogP contribution in [0, 0.1) is 0 Å². The van der Waals surface area contributed by atoms with Gasteiger partial charge in [0, 0.05) is 37.8 Å². The van der Waals surface area contributed by atoms with Gasteiger partial charge in [-0.15, -0.1) is 0 Å². The fourth-order valence-electron chi connectivity index (χ4n) is 3.10. The SMILES string of the molecule is CCS(=O)(=O)c1ccc(-c2cnc(N3CCN(C(C)C)CC3)cn2)cc1. The Labute approximate surface area is 155 Å². The third-order valence-corrected chi connectivity index (χ3v) is 6.65. The van der Waals surface area contributed by atoms with Crippen molar-refractivity contribution in [2.75, 3.05) is 36.8 Å². The maximum absolute atomic E-state index is 11.9. The predicted octanol–water partition coefficient (Wildman–Crippen LogP) is 2.47. The van der Waals surface area contributed by atoms with Crippen LogP contribution in [0.4, 0.5) is 5.82 Å². The minimum Gasteiger partial charge on any atom is -0.353 e. The molecule has 1 aliphatic heterocycles. The van der Waals surface area contributed by atoms with E-state index in [2.05, 4.69) is 33.6 Å². The Morgan fingerprint density at radius 3 is 2.15 bits per heavy atom. The maximum Gasteiger partial charge on any atom is 0.178 e. The number of sulfone groups is 1. The number of anilines is 1. The molecule has 3 rings (SSSR count). The van der Waals surface area contributed by atoms with Crippen molar-refractivity contribution in [2.45, 2.75) is 31.7 Å². The van der Waals surface area contributed by atoms with Crippen LogP contribution in [0.1, 0.15) is 20.8 Å². The Morgan fingerprint density at radius 2 is 1.65 bits per heavy atom. The molecule has 1 aliphatic rings. The molecular formula is C19H26N4O2S. The molecule has 26 heavy (non-hydrogen) atoms. The molecule has 0 N–H and O–H groups in total. The van der Waals surface area contributed by atoms with E-state index in [4.69, 9.17) is 0 Å². The van der Waals surface area contributed by atoms with Crippen LogP contribution in [0.5, 0.6) is 0 Å². The summed E-state index contributed by atoms with van der Waals surface area (Å²) in [6.07, 6.45) is 3.56. The lowest BCUT2D eigenvalue weighted by atomic mass is 10.2. The second-order valence-electron chi connectivity index (χ2n) is 6.80. The first kappa shape index (κ1) is 18.8. The number of hydrogen-bond donors (Lipinski definition) is 0. The molecule has 7 heteroatoms. The van der Waals surface area contributed by atoms with E-state index in [0.717, 1.165) is 43.3 Å². The second kappa shape index (κ2) is 7.72. The van der Waals surface area contributed by atoms with Crippen molar-refractivity contribution in [3.8, 4) is 11.3 Å². The molecule has 1 aromatic carbocycles. The summed E-state index contributed by atoms with van der Waals surface area (Å²) in [6.45, 7) is 10.1. The lowest BCUT2D eigenvalue weighted by Crippen LogP contribution is -2.49. The van der Waals surface area contributed by atoms with Crippen molar-refractivity contribution in [2.24, 2.45) is 0 Å². The van der Waals surface area contributed by atoms with E-state index < -0.39 is 9.84 Å². The molecule has 1 fully saturated rings. The summed E-state index contributed by atoms with van der Waals surface area (Å²) in [5.41, 5.74) is 1.61. The van der Waals surface area contributed by atoms with Crippen LogP contribution in [0.25, 0.3) is 11.3 Å².